The van der Waals surface area contributed by atoms with E-state index in [4.69, 9.17) is 9.47 Å². The smallest absolute Gasteiger partial charge is 0.338 e. The molecule has 1 aromatic carbocycles. The molecule has 0 aliphatic carbocycles. The molecule has 1 atom stereocenters. The van der Waals surface area contributed by atoms with Crippen molar-refractivity contribution in [1.29, 1.82) is 0 Å². The van der Waals surface area contributed by atoms with Gasteiger partial charge in [0.1, 0.15) is 18.2 Å². The summed E-state index contributed by atoms with van der Waals surface area (Å²) in [5.41, 5.74) is 0.480. The standard InChI is InChI=1S/C17H20F2N2O4/c1-10-14(16(22)25-8-7-24-4)15(21(3)17(23)20(10)2)12-6-5-11(18)9-13(12)19/h5-6,9,15H,7-8H2,1-4H3/t15-/m1/s1. The third-order valence-electron chi connectivity index (χ3n) is 4.14. The third kappa shape index (κ3) is 3.63. The van der Waals surface area contributed by atoms with Crippen LogP contribution in [0, 0.1) is 11.6 Å². The molecule has 1 heterocycles. The number of urea groups is 1. The highest BCUT2D eigenvalue weighted by atomic mass is 19.1. The van der Waals surface area contributed by atoms with Crippen molar-refractivity contribution < 1.29 is 27.8 Å². The van der Waals surface area contributed by atoms with E-state index in [2.05, 4.69) is 0 Å². The van der Waals surface area contributed by atoms with Gasteiger partial charge < -0.3 is 19.3 Å². The van der Waals surface area contributed by atoms with Gasteiger partial charge in [-0.3, -0.25) is 0 Å². The average molecular weight is 354 g/mol. The zero-order chi connectivity index (χ0) is 18.7. The summed E-state index contributed by atoms with van der Waals surface area (Å²) in [5, 5.41) is 0. The van der Waals surface area contributed by atoms with Crippen LogP contribution in [0.3, 0.4) is 0 Å². The Labute approximate surface area is 144 Å². The van der Waals surface area contributed by atoms with E-state index in [1.54, 1.807) is 6.92 Å². The number of amides is 2. The SMILES string of the molecule is COCCOC(=O)C1=C(C)N(C)C(=O)N(C)[C@@H]1c1ccc(F)cc1F. The largest absolute Gasteiger partial charge is 0.460 e. The fourth-order valence-corrected chi connectivity index (χ4v) is 2.70. The summed E-state index contributed by atoms with van der Waals surface area (Å²) >= 11 is 0. The highest BCUT2D eigenvalue weighted by molar-refractivity contribution is 5.94. The van der Waals surface area contributed by atoms with Gasteiger partial charge >= 0.3 is 12.0 Å². The normalized spacial score (nSPS) is 18.0. The van der Waals surface area contributed by atoms with E-state index in [9.17, 15) is 18.4 Å². The minimum absolute atomic E-state index is 0.0170. The number of hydrogen-bond acceptors (Lipinski definition) is 4. The van der Waals surface area contributed by atoms with Gasteiger partial charge in [-0.25, -0.2) is 18.4 Å². The molecule has 136 valence electrons. The Morgan fingerprint density at radius 1 is 1.24 bits per heavy atom. The van der Waals surface area contributed by atoms with Crippen LogP contribution in [0.4, 0.5) is 13.6 Å². The van der Waals surface area contributed by atoms with Crippen molar-refractivity contribution in [2.45, 2.75) is 13.0 Å². The molecule has 1 aromatic rings. The maximum absolute atomic E-state index is 14.3. The van der Waals surface area contributed by atoms with Gasteiger partial charge in [-0.05, 0) is 13.0 Å². The molecule has 2 amide bonds. The predicted octanol–water partition coefficient (Wildman–Crippen LogP) is 2.47. The van der Waals surface area contributed by atoms with Gasteiger partial charge in [-0.2, -0.15) is 0 Å². The van der Waals surface area contributed by atoms with Crippen molar-refractivity contribution in [3.8, 4) is 0 Å². The van der Waals surface area contributed by atoms with Gasteiger partial charge in [0.05, 0.1) is 18.2 Å². The summed E-state index contributed by atoms with van der Waals surface area (Å²) in [6, 6.07) is 1.59. The molecule has 0 radical (unpaired) electrons. The van der Waals surface area contributed by atoms with E-state index in [0.29, 0.717) is 5.70 Å². The number of esters is 1. The summed E-state index contributed by atoms with van der Waals surface area (Å²) < 4.78 is 37.6. The summed E-state index contributed by atoms with van der Waals surface area (Å²) in [7, 11) is 4.42. The fourth-order valence-electron chi connectivity index (χ4n) is 2.70. The highest BCUT2D eigenvalue weighted by Crippen LogP contribution is 2.37. The van der Waals surface area contributed by atoms with Gasteiger partial charge in [0.2, 0.25) is 0 Å². The fraction of sp³-hybridized carbons (Fsp3) is 0.412. The van der Waals surface area contributed by atoms with Crippen LogP contribution < -0.4 is 0 Å². The van der Waals surface area contributed by atoms with Crippen LogP contribution in [0.1, 0.15) is 18.5 Å². The summed E-state index contributed by atoms with van der Waals surface area (Å²) in [6.45, 7) is 1.80. The number of benzene rings is 1. The maximum atomic E-state index is 14.3. The van der Waals surface area contributed by atoms with Crippen molar-refractivity contribution in [2.24, 2.45) is 0 Å². The number of carbonyl (C=O) groups excluding carboxylic acids is 2. The van der Waals surface area contributed by atoms with Crippen molar-refractivity contribution in [2.75, 3.05) is 34.4 Å². The van der Waals surface area contributed by atoms with Crippen LogP contribution in [-0.4, -0.2) is 56.2 Å². The second-order valence-corrected chi connectivity index (χ2v) is 5.65. The van der Waals surface area contributed by atoms with Crippen molar-refractivity contribution in [3.63, 3.8) is 0 Å². The van der Waals surface area contributed by atoms with Crippen molar-refractivity contribution in [3.05, 3.63) is 46.7 Å². The Kier molecular flexibility index (Phi) is 5.73. The number of carbonyl (C=O) groups is 2. The van der Waals surface area contributed by atoms with Crippen molar-refractivity contribution in [1.82, 2.24) is 9.80 Å². The third-order valence-corrected chi connectivity index (χ3v) is 4.14. The minimum Gasteiger partial charge on any atom is -0.460 e. The van der Waals surface area contributed by atoms with Gasteiger partial charge in [-0.1, -0.05) is 6.07 Å². The predicted molar refractivity (Wildman–Crippen MR) is 85.6 cm³/mol. The first-order valence-electron chi connectivity index (χ1n) is 7.61. The molecule has 25 heavy (non-hydrogen) atoms. The van der Waals surface area contributed by atoms with Gasteiger partial charge in [0, 0.05) is 38.5 Å². The molecule has 6 nitrogen and oxygen atoms in total. The average Bonchev–Trinajstić information content (AvgIpc) is 2.57. The van der Waals surface area contributed by atoms with Crippen LogP contribution in [0.5, 0.6) is 0 Å². The van der Waals surface area contributed by atoms with Crippen molar-refractivity contribution >= 4 is 12.0 Å². The van der Waals surface area contributed by atoms with Crippen LogP contribution in [0.15, 0.2) is 29.5 Å². The lowest BCUT2D eigenvalue weighted by Gasteiger charge is -2.39. The molecule has 2 rings (SSSR count). The number of halogens is 2. The molecule has 1 aliphatic rings. The number of allylic oxidation sites excluding steroid dienone is 1. The maximum Gasteiger partial charge on any atom is 0.338 e. The molecule has 0 saturated heterocycles. The summed E-state index contributed by atoms with van der Waals surface area (Å²) in [5.74, 6) is -2.27. The van der Waals surface area contributed by atoms with E-state index in [-0.39, 0.29) is 24.4 Å². The molecule has 0 N–H and O–H groups in total. The first-order valence-corrected chi connectivity index (χ1v) is 7.61. The molecule has 0 bridgehead atoms. The highest BCUT2D eigenvalue weighted by Gasteiger charge is 2.40. The first-order chi connectivity index (χ1) is 11.8. The lowest BCUT2D eigenvalue weighted by Crippen LogP contribution is -2.47. The molecular weight excluding hydrogens is 334 g/mol. The van der Waals surface area contributed by atoms with E-state index in [0.717, 1.165) is 12.1 Å². The lowest BCUT2D eigenvalue weighted by molar-refractivity contribution is -0.141. The Bertz CT molecular complexity index is 721. The van der Waals surface area contributed by atoms with E-state index >= 15 is 0 Å². The molecule has 1 aliphatic heterocycles. The summed E-state index contributed by atoms with van der Waals surface area (Å²) in [6.07, 6.45) is 0. The number of hydrogen-bond donors (Lipinski definition) is 0. The minimum atomic E-state index is -1.01. The lowest BCUT2D eigenvalue weighted by atomic mass is 9.93. The first kappa shape index (κ1) is 18.9. The molecule has 0 spiro atoms. The van der Waals surface area contributed by atoms with Crippen LogP contribution in [0.2, 0.25) is 0 Å². The zero-order valence-electron chi connectivity index (χ0n) is 14.5. The van der Waals surface area contributed by atoms with Gasteiger partial charge in [0.25, 0.3) is 0 Å². The Hall–Kier alpha value is -2.48. The molecule has 0 saturated carbocycles. The topological polar surface area (TPSA) is 59.1 Å². The van der Waals surface area contributed by atoms with E-state index < -0.39 is 29.7 Å². The van der Waals surface area contributed by atoms with Gasteiger partial charge in [0.15, 0.2) is 0 Å². The number of ether oxygens (including phenoxy) is 2. The number of methoxy groups -OCH3 is 1. The second-order valence-electron chi connectivity index (χ2n) is 5.65. The number of rotatable bonds is 5. The Morgan fingerprint density at radius 2 is 1.92 bits per heavy atom. The molecular formula is C17H20F2N2O4. The zero-order valence-corrected chi connectivity index (χ0v) is 14.5. The van der Waals surface area contributed by atoms with Crippen LogP contribution in [0.25, 0.3) is 0 Å². The van der Waals surface area contributed by atoms with Crippen LogP contribution in [-0.2, 0) is 14.3 Å². The van der Waals surface area contributed by atoms with Gasteiger partial charge in [-0.15, -0.1) is 0 Å². The Balaban J connectivity index is 2.51. The number of nitrogens with zero attached hydrogens (tertiary/aromatic N) is 2. The molecule has 0 unspecified atom stereocenters. The van der Waals surface area contributed by atoms with Crippen LogP contribution >= 0.6 is 0 Å². The summed E-state index contributed by atoms with van der Waals surface area (Å²) in [4.78, 5) is 27.4. The molecule has 0 aromatic heterocycles. The monoisotopic (exact) mass is 354 g/mol. The second kappa shape index (κ2) is 7.60. The Morgan fingerprint density at radius 3 is 2.52 bits per heavy atom. The molecule has 0 fully saturated rings. The number of likely N-dealkylation sites (N-methyl/N-ethyl adjacent to an activating group) is 1. The molecule has 8 heteroatoms. The van der Waals surface area contributed by atoms with E-state index in [1.165, 1.54) is 37.1 Å². The van der Waals surface area contributed by atoms with E-state index in [1.807, 2.05) is 0 Å². The quantitative estimate of drug-likeness (QED) is 0.602.